The van der Waals surface area contributed by atoms with Gasteiger partial charge in [-0.15, -0.1) is 0 Å². The molecule has 0 aliphatic heterocycles. The third kappa shape index (κ3) is 4.23. The van der Waals surface area contributed by atoms with Gasteiger partial charge in [0.25, 0.3) is 5.91 Å². The second kappa shape index (κ2) is 7.88. The normalized spacial score (nSPS) is 15.0. The number of sulfonamides is 1. The second-order valence-electron chi connectivity index (χ2n) is 6.28. The van der Waals surface area contributed by atoms with Crippen LogP contribution in [0.25, 0.3) is 0 Å². The maximum absolute atomic E-state index is 12.6. The maximum Gasteiger partial charge on any atom is 0.255 e. The highest BCUT2D eigenvalue weighted by atomic mass is 32.2. The Hall–Kier alpha value is -2.38. The maximum atomic E-state index is 12.6. The molecule has 0 aromatic heterocycles. The lowest BCUT2D eigenvalue weighted by molar-refractivity contribution is 0.102. The minimum Gasteiger partial charge on any atom is -0.495 e. The summed E-state index contributed by atoms with van der Waals surface area (Å²) in [5.74, 6) is 0.0660. The van der Waals surface area contributed by atoms with Crippen molar-refractivity contribution in [2.45, 2.75) is 36.6 Å². The zero-order valence-electron chi connectivity index (χ0n) is 14.6. The molecule has 26 heavy (non-hydrogen) atoms. The summed E-state index contributed by atoms with van der Waals surface area (Å²) in [6, 6.07) is 13.1. The molecule has 2 N–H and O–H groups in total. The Morgan fingerprint density at radius 1 is 1.08 bits per heavy atom. The molecule has 1 aliphatic carbocycles. The number of anilines is 1. The molecule has 0 saturated heterocycles. The van der Waals surface area contributed by atoms with Crippen molar-refractivity contribution < 1.29 is 17.9 Å². The van der Waals surface area contributed by atoms with Gasteiger partial charge in [0.15, 0.2) is 0 Å². The number of carbonyl (C=O) groups excluding carboxylic acids is 1. The predicted octanol–water partition coefficient (Wildman–Crippen LogP) is 3.17. The number of ether oxygens (including phenoxy) is 1. The smallest absolute Gasteiger partial charge is 0.255 e. The number of rotatable bonds is 6. The molecule has 1 aliphatic rings. The molecule has 3 rings (SSSR count). The Labute approximate surface area is 153 Å². The molecular weight excluding hydrogens is 352 g/mol. The summed E-state index contributed by atoms with van der Waals surface area (Å²) in [6.45, 7) is 0. The molecular formula is C19H22N2O4S. The van der Waals surface area contributed by atoms with Crippen molar-refractivity contribution in [3.8, 4) is 5.75 Å². The number of benzene rings is 2. The van der Waals surface area contributed by atoms with E-state index in [-0.39, 0.29) is 16.8 Å². The topological polar surface area (TPSA) is 84.5 Å². The Balaban J connectivity index is 1.85. The molecule has 1 fully saturated rings. The van der Waals surface area contributed by atoms with Crippen LogP contribution in [0.1, 0.15) is 36.0 Å². The fraction of sp³-hybridized carbons (Fsp3) is 0.316. The largest absolute Gasteiger partial charge is 0.495 e. The van der Waals surface area contributed by atoms with Crippen LogP contribution in [0.3, 0.4) is 0 Å². The Kier molecular flexibility index (Phi) is 5.58. The van der Waals surface area contributed by atoms with Gasteiger partial charge in [0.2, 0.25) is 10.0 Å². The Bertz CT molecular complexity index is 876. The van der Waals surface area contributed by atoms with Crippen LogP contribution in [0.15, 0.2) is 53.4 Å². The number of carbonyl (C=O) groups is 1. The Morgan fingerprint density at radius 2 is 1.77 bits per heavy atom. The van der Waals surface area contributed by atoms with Gasteiger partial charge in [-0.3, -0.25) is 4.79 Å². The quantitative estimate of drug-likeness (QED) is 0.813. The zero-order chi connectivity index (χ0) is 18.6. The van der Waals surface area contributed by atoms with E-state index in [2.05, 4.69) is 10.0 Å². The van der Waals surface area contributed by atoms with Gasteiger partial charge in [0.05, 0.1) is 17.7 Å². The van der Waals surface area contributed by atoms with Crippen LogP contribution in [0, 0.1) is 0 Å². The van der Waals surface area contributed by atoms with Crippen molar-refractivity contribution in [3.05, 3.63) is 54.1 Å². The van der Waals surface area contributed by atoms with Gasteiger partial charge in [0.1, 0.15) is 5.75 Å². The number of amides is 1. The molecule has 2 aromatic carbocycles. The molecule has 0 bridgehead atoms. The fourth-order valence-corrected chi connectivity index (χ4v) is 4.40. The summed E-state index contributed by atoms with van der Waals surface area (Å²) in [6.07, 6.45) is 3.78. The van der Waals surface area contributed by atoms with Gasteiger partial charge in [-0.1, -0.05) is 31.0 Å². The van der Waals surface area contributed by atoms with Crippen molar-refractivity contribution in [2.75, 3.05) is 12.4 Å². The first kappa shape index (κ1) is 18.4. The molecule has 1 amide bonds. The van der Waals surface area contributed by atoms with Crippen LogP contribution in [0.2, 0.25) is 0 Å². The SMILES string of the molecule is COc1ccc(S(=O)(=O)NC2CCCC2)cc1NC(=O)c1ccccc1. The monoisotopic (exact) mass is 374 g/mol. The van der Waals surface area contributed by atoms with Gasteiger partial charge in [0, 0.05) is 11.6 Å². The summed E-state index contributed by atoms with van der Waals surface area (Å²) >= 11 is 0. The van der Waals surface area contributed by atoms with Crippen molar-refractivity contribution in [3.63, 3.8) is 0 Å². The highest BCUT2D eigenvalue weighted by molar-refractivity contribution is 7.89. The number of methoxy groups -OCH3 is 1. The summed E-state index contributed by atoms with van der Waals surface area (Å²) < 4.78 is 33.3. The molecule has 1 saturated carbocycles. The average Bonchev–Trinajstić information content (AvgIpc) is 3.14. The molecule has 0 radical (unpaired) electrons. The van der Waals surface area contributed by atoms with E-state index in [0.29, 0.717) is 17.0 Å². The second-order valence-corrected chi connectivity index (χ2v) is 8.00. The molecule has 0 atom stereocenters. The third-order valence-corrected chi connectivity index (χ3v) is 5.96. The summed E-state index contributed by atoms with van der Waals surface area (Å²) in [5, 5.41) is 2.73. The molecule has 7 heteroatoms. The third-order valence-electron chi connectivity index (χ3n) is 4.44. The number of nitrogens with one attached hydrogen (secondary N) is 2. The molecule has 0 unspecified atom stereocenters. The summed E-state index contributed by atoms with van der Waals surface area (Å²) in [5.41, 5.74) is 0.794. The predicted molar refractivity (Wildman–Crippen MR) is 100.0 cm³/mol. The average molecular weight is 374 g/mol. The van der Waals surface area contributed by atoms with E-state index >= 15 is 0 Å². The van der Waals surface area contributed by atoms with Crippen molar-refractivity contribution in [1.82, 2.24) is 4.72 Å². The zero-order valence-corrected chi connectivity index (χ0v) is 15.4. The fourth-order valence-electron chi connectivity index (χ4n) is 3.07. The van der Waals surface area contributed by atoms with Gasteiger partial charge < -0.3 is 10.1 Å². The summed E-state index contributed by atoms with van der Waals surface area (Å²) in [7, 11) is -2.18. The first-order chi connectivity index (χ1) is 12.5. The lowest BCUT2D eigenvalue weighted by Gasteiger charge is -2.15. The molecule has 0 spiro atoms. The van der Waals surface area contributed by atoms with Crippen LogP contribution >= 0.6 is 0 Å². The Morgan fingerprint density at radius 3 is 2.42 bits per heavy atom. The first-order valence-electron chi connectivity index (χ1n) is 8.56. The van der Waals surface area contributed by atoms with Crippen LogP contribution < -0.4 is 14.8 Å². The van der Waals surface area contributed by atoms with Crippen molar-refractivity contribution in [2.24, 2.45) is 0 Å². The minimum atomic E-state index is -3.65. The lowest BCUT2D eigenvalue weighted by atomic mass is 10.2. The molecule has 6 nitrogen and oxygen atoms in total. The van der Waals surface area contributed by atoms with Gasteiger partial charge in [-0.05, 0) is 43.2 Å². The van der Waals surface area contributed by atoms with E-state index in [4.69, 9.17) is 4.74 Å². The van der Waals surface area contributed by atoms with Crippen LogP contribution in [0.4, 0.5) is 5.69 Å². The standard InChI is InChI=1S/C19H22N2O4S/c1-25-18-12-11-16(26(23,24)21-15-9-5-6-10-15)13-17(18)20-19(22)14-7-3-2-4-8-14/h2-4,7-8,11-13,15,21H,5-6,9-10H2,1H3,(H,20,22). The number of hydrogen-bond donors (Lipinski definition) is 2. The van der Waals surface area contributed by atoms with Gasteiger partial charge in [-0.2, -0.15) is 0 Å². The summed E-state index contributed by atoms with van der Waals surface area (Å²) in [4.78, 5) is 12.5. The van der Waals surface area contributed by atoms with E-state index in [1.165, 1.54) is 19.2 Å². The number of hydrogen-bond acceptors (Lipinski definition) is 4. The lowest BCUT2D eigenvalue weighted by Crippen LogP contribution is -2.32. The van der Waals surface area contributed by atoms with Gasteiger partial charge in [-0.25, -0.2) is 13.1 Å². The molecule has 0 heterocycles. The first-order valence-corrected chi connectivity index (χ1v) is 10.0. The highest BCUT2D eigenvalue weighted by Crippen LogP contribution is 2.29. The van der Waals surface area contributed by atoms with E-state index in [0.717, 1.165) is 25.7 Å². The van der Waals surface area contributed by atoms with Crippen LogP contribution in [-0.2, 0) is 10.0 Å². The van der Waals surface area contributed by atoms with Crippen molar-refractivity contribution >= 4 is 21.6 Å². The van der Waals surface area contributed by atoms with E-state index in [1.54, 1.807) is 30.3 Å². The van der Waals surface area contributed by atoms with E-state index in [1.807, 2.05) is 6.07 Å². The van der Waals surface area contributed by atoms with Crippen molar-refractivity contribution in [1.29, 1.82) is 0 Å². The van der Waals surface area contributed by atoms with Crippen LogP contribution in [-0.4, -0.2) is 27.5 Å². The van der Waals surface area contributed by atoms with Crippen LogP contribution in [0.5, 0.6) is 5.75 Å². The molecule has 138 valence electrons. The highest BCUT2D eigenvalue weighted by Gasteiger charge is 2.24. The molecule has 2 aromatic rings. The minimum absolute atomic E-state index is 0.0236. The van der Waals surface area contributed by atoms with E-state index < -0.39 is 10.0 Å². The van der Waals surface area contributed by atoms with E-state index in [9.17, 15) is 13.2 Å². The van der Waals surface area contributed by atoms with Gasteiger partial charge >= 0.3 is 0 Å².